The normalized spacial score (nSPS) is 54.2. The van der Waals surface area contributed by atoms with E-state index in [1.807, 2.05) is 5.57 Å². The maximum Gasteiger partial charge on any atom is 0.0765 e. The number of oxime groups is 1. The molecule has 2 saturated heterocycles. The Labute approximate surface area is 194 Å². The van der Waals surface area contributed by atoms with E-state index in [1.54, 1.807) is 5.57 Å². The SMILES string of the molecule is CC1=C2C[C@H]3[C@@H](CC[C@@H]4CC(=NO)CC[C@@]43C)[C@@H]2CCC2(C1)O[C@@H]1C[C@H](C)CN[C@H]1[C@H]2C. The molecule has 3 saturated carbocycles. The van der Waals surface area contributed by atoms with Gasteiger partial charge in [-0.25, -0.2) is 0 Å². The third kappa shape index (κ3) is 3.04. The molecule has 0 aromatic rings. The summed E-state index contributed by atoms with van der Waals surface area (Å²) < 4.78 is 7.02. The van der Waals surface area contributed by atoms with Gasteiger partial charge in [0.25, 0.3) is 0 Å². The minimum Gasteiger partial charge on any atom is -0.411 e. The van der Waals surface area contributed by atoms with Crippen molar-refractivity contribution >= 4 is 5.71 Å². The zero-order valence-electron chi connectivity index (χ0n) is 20.7. The van der Waals surface area contributed by atoms with Crippen LogP contribution in [-0.2, 0) is 4.74 Å². The zero-order valence-corrected chi connectivity index (χ0v) is 20.7. The molecule has 2 aliphatic heterocycles. The number of fused-ring (bicyclic) bond motifs is 6. The summed E-state index contributed by atoms with van der Waals surface area (Å²) in [5, 5.41) is 16.8. The lowest BCUT2D eigenvalue weighted by Crippen LogP contribution is -2.48. The first kappa shape index (κ1) is 21.6. The standard InChI is InChI=1S/C28H44N2O2/c1-16-11-25-26(29-15-16)18(3)28(32-25)10-8-21-22-6-5-19-12-20(30-31)7-9-27(19,4)24(22)13-23(21)17(2)14-28/h16,18-19,21-22,24-26,29,31H,5-15H2,1-4H3/t16-,18+,19+,21-,22-,24-,25+,26-,27-,28?/m0/s1. The number of allylic oxidation sites excluding steroid dienone is 1. The average molecular weight is 441 g/mol. The molecule has 4 nitrogen and oxygen atoms in total. The van der Waals surface area contributed by atoms with E-state index in [-0.39, 0.29) is 5.60 Å². The number of hydrogen-bond acceptors (Lipinski definition) is 4. The van der Waals surface area contributed by atoms with Crippen LogP contribution in [-0.4, -0.2) is 35.2 Å². The van der Waals surface area contributed by atoms with Crippen molar-refractivity contribution in [2.24, 2.45) is 46.1 Å². The molecule has 1 spiro atoms. The molecule has 10 atom stereocenters. The molecule has 4 aliphatic carbocycles. The second-order valence-corrected chi connectivity index (χ2v) is 13.0. The maximum absolute atomic E-state index is 9.37. The highest BCUT2D eigenvalue weighted by atomic mass is 16.5. The van der Waals surface area contributed by atoms with Gasteiger partial charge in [0.15, 0.2) is 0 Å². The highest BCUT2D eigenvalue weighted by molar-refractivity contribution is 5.85. The number of ether oxygens (including phenoxy) is 1. The van der Waals surface area contributed by atoms with Crippen molar-refractivity contribution in [3.63, 3.8) is 0 Å². The number of nitrogens with one attached hydrogen (secondary N) is 1. The highest BCUT2D eigenvalue weighted by Gasteiger charge is 2.59. The minimum absolute atomic E-state index is 0.0573. The smallest absolute Gasteiger partial charge is 0.0765 e. The van der Waals surface area contributed by atoms with Gasteiger partial charge >= 0.3 is 0 Å². The van der Waals surface area contributed by atoms with Crippen LogP contribution in [0.4, 0.5) is 0 Å². The van der Waals surface area contributed by atoms with E-state index in [9.17, 15) is 5.21 Å². The molecule has 6 rings (SSSR count). The van der Waals surface area contributed by atoms with Gasteiger partial charge < -0.3 is 15.3 Å². The number of nitrogens with zero attached hydrogens (tertiary/aromatic N) is 1. The van der Waals surface area contributed by atoms with Crippen LogP contribution < -0.4 is 5.32 Å². The molecule has 0 aromatic carbocycles. The van der Waals surface area contributed by atoms with E-state index in [0.717, 1.165) is 55.2 Å². The molecule has 6 aliphatic rings. The van der Waals surface area contributed by atoms with Gasteiger partial charge in [0.2, 0.25) is 0 Å². The van der Waals surface area contributed by atoms with Gasteiger partial charge in [-0.1, -0.05) is 37.1 Å². The van der Waals surface area contributed by atoms with Gasteiger partial charge in [-0.05, 0) is 113 Å². The lowest BCUT2D eigenvalue weighted by Gasteiger charge is -2.52. The molecule has 32 heavy (non-hydrogen) atoms. The minimum atomic E-state index is 0.0573. The molecule has 0 amide bonds. The van der Waals surface area contributed by atoms with Crippen molar-refractivity contribution in [3.05, 3.63) is 11.1 Å². The Morgan fingerprint density at radius 2 is 1.97 bits per heavy atom. The summed E-state index contributed by atoms with van der Waals surface area (Å²) in [4.78, 5) is 0. The first-order chi connectivity index (χ1) is 15.3. The van der Waals surface area contributed by atoms with Crippen LogP contribution >= 0.6 is 0 Å². The third-order valence-electron chi connectivity index (χ3n) is 11.6. The van der Waals surface area contributed by atoms with E-state index in [0.29, 0.717) is 29.4 Å². The van der Waals surface area contributed by atoms with Gasteiger partial charge in [0.05, 0.1) is 17.4 Å². The summed E-state index contributed by atoms with van der Waals surface area (Å²) in [6.07, 6.45) is 12.6. The van der Waals surface area contributed by atoms with Crippen molar-refractivity contribution < 1.29 is 9.94 Å². The molecule has 2 N–H and O–H groups in total. The zero-order chi connectivity index (χ0) is 22.3. The van der Waals surface area contributed by atoms with Gasteiger partial charge in [-0.3, -0.25) is 0 Å². The van der Waals surface area contributed by atoms with E-state index >= 15 is 0 Å². The third-order valence-corrected chi connectivity index (χ3v) is 11.6. The summed E-state index contributed by atoms with van der Waals surface area (Å²) in [7, 11) is 0. The Hall–Kier alpha value is -0.870. The van der Waals surface area contributed by atoms with Crippen molar-refractivity contribution in [2.75, 3.05) is 6.54 Å². The van der Waals surface area contributed by atoms with E-state index in [4.69, 9.17) is 4.74 Å². The van der Waals surface area contributed by atoms with E-state index in [1.165, 1.54) is 44.9 Å². The van der Waals surface area contributed by atoms with Crippen LogP contribution in [0.3, 0.4) is 0 Å². The number of rotatable bonds is 0. The molecule has 5 fully saturated rings. The van der Waals surface area contributed by atoms with E-state index in [2.05, 4.69) is 38.2 Å². The Bertz CT molecular complexity index is 835. The molecule has 0 radical (unpaired) electrons. The molecule has 4 heteroatoms. The summed E-state index contributed by atoms with van der Waals surface area (Å²) in [5.74, 6) is 4.53. The quantitative estimate of drug-likeness (QED) is 0.278. The predicted octanol–water partition coefficient (Wildman–Crippen LogP) is 5.94. The summed E-state index contributed by atoms with van der Waals surface area (Å²) >= 11 is 0. The van der Waals surface area contributed by atoms with Crippen molar-refractivity contribution in [3.8, 4) is 0 Å². The number of hydrogen-bond donors (Lipinski definition) is 2. The van der Waals surface area contributed by atoms with Gasteiger partial charge in [0, 0.05) is 12.0 Å². The fraction of sp³-hybridized carbons (Fsp3) is 0.893. The second-order valence-electron chi connectivity index (χ2n) is 13.0. The first-order valence-corrected chi connectivity index (χ1v) is 13.6. The molecule has 178 valence electrons. The lowest BCUT2D eigenvalue weighted by atomic mass is 9.52. The molecular weight excluding hydrogens is 396 g/mol. The average Bonchev–Trinajstić information content (AvgIpc) is 3.23. The molecule has 0 aromatic heterocycles. The van der Waals surface area contributed by atoms with Crippen LogP contribution in [0.25, 0.3) is 0 Å². The van der Waals surface area contributed by atoms with Crippen LogP contribution in [0.5, 0.6) is 0 Å². The first-order valence-electron chi connectivity index (χ1n) is 13.6. The van der Waals surface area contributed by atoms with Crippen LogP contribution in [0, 0.1) is 40.9 Å². The number of piperidine rings is 1. The fourth-order valence-electron chi connectivity index (χ4n) is 9.72. The Kier molecular flexibility index (Phi) is 5.12. The van der Waals surface area contributed by atoms with Crippen LogP contribution in [0.15, 0.2) is 16.3 Å². The monoisotopic (exact) mass is 440 g/mol. The topological polar surface area (TPSA) is 53.9 Å². The predicted molar refractivity (Wildman–Crippen MR) is 128 cm³/mol. The van der Waals surface area contributed by atoms with Gasteiger partial charge in [-0.2, -0.15) is 0 Å². The van der Waals surface area contributed by atoms with Crippen molar-refractivity contribution in [2.45, 2.75) is 110 Å². The van der Waals surface area contributed by atoms with Gasteiger partial charge in [-0.15, -0.1) is 0 Å². The Balaban J connectivity index is 1.27. The second kappa shape index (κ2) is 7.57. The molecule has 0 bridgehead atoms. The van der Waals surface area contributed by atoms with Crippen molar-refractivity contribution in [1.82, 2.24) is 5.32 Å². The molecule has 2 heterocycles. The molecular formula is C28H44N2O2. The Morgan fingerprint density at radius 1 is 1.12 bits per heavy atom. The maximum atomic E-state index is 9.37. The molecule has 1 unspecified atom stereocenters. The fourth-order valence-corrected chi connectivity index (χ4v) is 9.72. The van der Waals surface area contributed by atoms with Crippen LogP contribution in [0.2, 0.25) is 0 Å². The summed E-state index contributed by atoms with van der Waals surface area (Å²) in [5.41, 5.74) is 5.04. The summed E-state index contributed by atoms with van der Waals surface area (Å²) in [6.45, 7) is 11.0. The lowest BCUT2D eigenvalue weighted by molar-refractivity contribution is -0.0734. The largest absolute Gasteiger partial charge is 0.411 e. The summed E-state index contributed by atoms with van der Waals surface area (Å²) in [6, 6.07) is 0.550. The highest BCUT2D eigenvalue weighted by Crippen LogP contribution is 2.65. The van der Waals surface area contributed by atoms with E-state index < -0.39 is 0 Å². The van der Waals surface area contributed by atoms with Crippen molar-refractivity contribution in [1.29, 1.82) is 0 Å². The van der Waals surface area contributed by atoms with Gasteiger partial charge in [0.1, 0.15) is 0 Å². The van der Waals surface area contributed by atoms with Crippen LogP contribution in [0.1, 0.15) is 91.9 Å². The Morgan fingerprint density at radius 3 is 2.78 bits per heavy atom.